The van der Waals surface area contributed by atoms with E-state index in [2.05, 4.69) is 84.9 Å². The number of hydrogen-bond donors (Lipinski definition) is 0. The first-order valence-corrected chi connectivity index (χ1v) is 10.9. The SMILES string of the molecule is Cc1ccc(C2=Cc3ccccc3C2CC2C(c3ccc(C)o3)=Cc3ccccc32)o1. The van der Waals surface area contributed by atoms with Crippen LogP contribution in [0.15, 0.2) is 81.6 Å². The van der Waals surface area contributed by atoms with Crippen molar-refractivity contribution in [1.82, 2.24) is 0 Å². The number of allylic oxidation sites excluding steroid dienone is 2. The smallest absolute Gasteiger partial charge is 0.130 e. The van der Waals surface area contributed by atoms with Crippen LogP contribution < -0.4 is 0 Å². The van der Waals surface area contributed by atoms with Crippen LogP contribution in [0.25, 0.3) is 23.3 Å². The number of fused-ring (bicyclic) bond motifs is 2. The van der Waals surface area contributed by atoms with Gasteiger partial charge in [0.2, 0.25) is 0 Å². The number of hydrogen-bond acceptors (Lipinski definition) is 2. The monoisotopic (exact) mass is 404 g/mol. The summed E-state index contributed by atoms with van der Waals surface area (Å²) in [4.78, 5) is 0. The summed E-state index contributed by atoms with van der Waals surface area (Å²) in [5.41, 5.74) is 7.89. The second-order valence-electron chi connectivity index (χ2n) is 8.62. The van der Waals surface area contributed by atoms with Gasteiger partial charge >= 0.3 is 0 Å². The van der Waals surface area contributed by atoms with Gasteiger partial charge in [-0.05, 0) is 78.9 Å². The van der Waals surface area contributed by atoms with Crippen molar-refractivity contribution >= 4 is 23.3 Å². The van der Waals surface area contributed by atoms with Crippen molar-refractivity contribution in [2.45, 2.75) is 32.1 Å². The molecule has 0 amide bonds. The lowest BCUT2D eigenvalue weighted by molar-refractivity contribution is 0.510. The number of aryl methyl sites for hydroxylation is 2. The van der Waals surface area contributed by atoms with Gasteiger partial charge in [-0.2, -0.15) is 0 Å². The standard InChI is InChI=1S/C29H24O2/c1-18-11-13-28(30-18)26-15-20-7-3-5-9-22(20)24(26)17-25-23-10-6-4-8-21(23)16-27(25)29-14-12-19(2)31-29/h3-16,24-25H,17H2,1-2H3. The van der Waals surface area contributed by atoms with Gasteiger partial charge in [0, 0.05) is 23.0 Å². The van der Waals surface area contributed by atoms with Crippen LogP contribution in [0.2, 0.25) is 0 Å². The van der Waals surface area contributed by atoms with Gasteiger partial charge in [0.25, 0.3) is 0 Å². The highest BCUT2D eigenvalue weighted by atomic mass is 16.3. The summed E-state index contributed by atoms with van der Waals surface area (Å²) in [6.07, 6.45) is 5.59. The van der Waals surface area contributed by atoms with Crippen molar-refractivity contribution in [2.24, 2.45) is 0 Å². The van der Waals surface area contributed by atoms with E-state index in [-0.39, 0.29) is 11.8 Å². The Morgan fingerprint density at radius 2 is 1.03 bits per heavy atom. The Bertz CT molecular complexity index is 1240. The van der Waals surface area contributed by atoms with E-state index in [1.807, 2.05) is 13.8 Å². The number of furan rings is 2. The Balaban J connectivity index is 1.44. The Morgan fingerprint density at radius 1 is 0.581 bits per heavy atom. The summed E-state index contributed by atoms with van der Waals surface area (Å²) < 4.78 is 12.2. The molecule has 2 heteroatoms. The van der Waals surface area contributed by atoms with Crippen LogP contribution in [0.3, 0.4) is 0 Å². The number of rotatable bonds is 4. The molecule has 152 valence electrons. The fourth-order valence-electron chi connectivity index (χ4n) is 5.20. The zero-order chi connectivity index (χ0) is 20.9. The molecular weight excluding hydrogens is 380 g/mol. The molecule has 0 bridgehead atoms. The fraction of sp³-hybridized carbons (Fsp3) is 0.172. The maximum atomic E-state index is 6.08. The predicted octanol–water partition coefficient (Wildman–Crippen LogP) is 7.86. The molecule has 2 nitrogen and oxygen atoms in total. The van der Waals surface area contributed by atoms with E-state index in [0.717, 1.165) is 29.5 Å². The molecule has 4 aromatic rings. The Kier molecular flexibility index (Phi) is 4.14. The van der Waals surface area contributed by atoms with Crippen LogP contribution in [0, 0.1) is 13.8 Å². The third-order valence-corrected chi connectivity index (χ3v) is 6.64. The van der Waals surface area contributed by atoms with Crippen molar-refractivity contribution < 1.29 is 8.83 Å². The van der Waals surface area contributed by atoms with Crippen molar-refractivity contribution in [1.29, 1.82) is 0 Å². The predicted molar refractivity (Wildman–Crippen MR) is 126 cm³/mol. The molecule has 2 heterocycles. The van der Waals surface area contributed by atoms with Crippen molar-refractivity contribution in [3.63, 3.8) is 0 Å². The van der Waals surface area contributed by atoms with E-state index >= 15 is 0 Å². The second kappa shape index (κ2) is 7.02. The summed E-state index contributed by atoms with van der Waals surface area (Å²) in [7, 11) is 0. The molecule has 2 aromatic heterocycles. The third kappa shape index (κ3) is 3.02. The molecule has 0 saturated heterocycles. The Labute approximate surface area is 182 Å². The Morgan fingerprint density at radius 3 is 1.45 bits per heavy atom. The zero-order valence-corrected chi connectivity index (χ0v) is 17.8. The molecule has 0 saturated carbocycles. The first-order valence-electron chi connectivity index (χ1n) is 10.9. The minimum Gasteiger partial charge on any atom is -0.462 e. The molecule has 31 heavy (non-hydrogen) atoms. The molecule has 0 N–H and O–H groups in total. The van der Waals surface area contributed by atoms with Gasteiger partial charge < -0.3 is 8.83 Å². The number of benzene rings is 2. The fourth-order valence-corrected chi connectivity index (χ4v) is 5.20. The highest BCUT2D eigenvalue weighted by Crippen LogP contribution is 2.52. The average molecular weight is 405 g/mol. The Hall–Kier alpha value is -3.52. The largest absolute Gasteiger partial charge is 0.462 e. The normalized spacial score (nSPS) is 19.2. The molecule has 2 aromatic carbocycles. The molecule has 2 aliphatic carbocycles. The van der Waals surface area contributed by atoms with E-state index in [1.165, 1.54) is 33.4 Å². The van der Waals surface area contributed by atoms with Gasteiger partial charge in [0.15, 0.2) is 0 Å². The quantitative estimate of drug-likeness (QED) is 0.346. The zero-order valence-electron chi connectivity index (χ0n) is 17.8. The first-order chi connectivity index (χ1) is 15.2. The lowest BCUT2D eigenvalue weighted by atomic mass is 9.80. The molecule has 2 unspecified atom stereocenters. The molecule has 0 spiro atoms. The van der Waals surface area contributed by atoms with Gasteiger partial charge in [0.1, 0.15) is 23.0 Å². The first kappa shape index (κ1) is 18.3. The highest BCUT2D eigenvalue weighted by molar-refractivity contribution is 5.93. The third-order valence-electron chi connectivity index (χ3n) is 6.64. The summed E-state index contributed by atoms with van der Waals surface area (Å²) in [6, 6.07) is 25.8. The highest BCUT2D eigenvalue weighted by Gasteiger charge is 2.35. The molecule has 6 rings (SSSR count). The van der Waals surface area contributed by atoms with Gasteiger partial charge in [-0.1, -0.05) is 48.5 Å². The second-order valence-corrected chi connectivity index (χ2v) is 8.62. The lowest BCUT2D eigenvalue weighted by Gasteiger charge is -2.23. The maximum Gasteiger partial charge on any atom is 0.130 e. The molecule has 0 radical (unpaired) electrons. The average Bonchev–Trinajstić information content (AvgIpc) is 3.54. The van der Waals surface area contributed by atoms with E-state index in [4.69, 9.17) is 8.83 Å². The summed E-state index contributed by atoms with van der Waals surface area (Å²) in [5.74, 6) is 4.40. The molecule has 2 aliphatic rings. The van der Waals surface area contributed by atoms with E-state index in [9.17, 15) is 0 Å². The van der Waals surface area contributed by atoms with Gasteiger partial charge in [0.05, 0.1) is 0 Å². The van der Waals surface area contributed by atoms with Crippen LogP contribution in [0.5, 0.6) is 0 Å². The minimum absolute atomic E-state index is 0.275. The van der Waals surface area contributed by atoms with Gasteiger partial charge in [-0.25, -0.2) is 0 Å². The molecule has 0 fully saturated rings. The molecule has 0 aliphatic heterocycles. The molecular formula is C29H24O2. The van der Waals surface area contributed by atoms with Crippen LogP contribution in [0.4, 0.5) is 0 Å². The minimum atomic E-state index is 0.275. The molecule has 2 atom stereocenters. The van der Waals surface area contributed by atoms with Gasteiger partial charge in [-0.3, -0.25) is 0 Å². The van der Waals surface area contributed by atoms with Crippen LogP contribution in [-0.2, 0) is 0 Å². The summed E-state index contributed by atoms with van der Waals surface area (Å²) in [5, 5.41) is 0. The summed E-state index contributed by atoms with van der Waals surface area (Å²) in [6.45, 7) is 4.02. The van der Waals surface area contributed by atoms with Crippen molar-refractivity contribution in [3.8, 4) is 0 Å². The van der Waals surface area contributed by atoms with Crippen LogP contribution in [0.1, 0.15) is 63.6 Å². The van der Waals surface area contributed by atoms with E-state index < -0.39 is 0 Å². The van der Waals surface area contributed by atoms with Gasteiger partial charge in [-0.15, -0.1) is 0 Å². The van der Waals surface area contributed by atoms with Crippen LogP contribution in [-0.4, -0.2) is 0 Å². The van der Waals surface area contributed by atoms with E-state index in [1.54, 1.807) is 0 Å². The topological polar surface area (TPSA) is 26.3 Å². The van der Waals surface area contributed by atoms with Crippen LogP contribution >= 0.6 is 0 Å². The maximum absolute atomic E-state index is 6.08. The lowest BCUT2D eigenvalue weighted by Crippen LogP contribution is -2.07. The van der Waals surface area contributed by atoms with E-state index in [0.29, 0.717) is 0 Å². The summed E-state index contributed by atoms with van der Waals surface area (Å²) >= 11 is 0. The van der Waals surface area contributed by atoms with Crippen molar-refractivity contribution in [3.05, 3.63) is 118 Å². The van der Waals surface area contributed by atoms with Crippen molar-refractivity contribution in [2.75, 3.05) is 0 Å².